The number of rotatable bonds is 7. The fourth-order valence-electron chi connectivity index (χ4n) is 2.91. The van der Waals surface area contributed by atoms with Gasteiger partial charge in [0.25, 0.3) is 0 Å². The summed E-state index contributed by atoms with van der Waals surface area (Å²) in [6.45, 7) is 5.01. The molecule has 2 amide bonds. The zero-order valence-electron chi connectivity index (χ0n) is 14.0. The van der Waals surface area contributed by atoms with Gasteiger partial charge in [-0.1, -0.05) is 24.3 Å². The summed E-state index contributed by atoms with van der Waals surface area (Å²) in [5.41, 5.74) is 1.87. The molecule has 0 aliphatic carbocycles. The third kappa shape index (κ3) is 5.84. The molecule has 5 nitrogen and oxygen atoms in total. The summed E-state index contributed by atoms with van der Waals surface area (Å²) in [4.78, 5) is 11.9. The molecule has 2 rings (SSSR count). The van der Waals surface area contributed by atoms with Crippen molar-refractivity contribution in [2.45, 2.75) is 57.8 Å². The van der Waals surface area contributed by atoms with Gasteiger partial charge in [0.15, 0.2) is 0 Å². The maximum atomic E-state index is 11.9. The molecule has 5 heteroatoms. The first-order chi connectivity index (χ1) is 11.1. The Morgan fingerprint density at radius 3 is 2.91 bits per heavy atom. The smallest absolute Gasteiger partial charge is 0.315 e. The second-order valence-electron chi connectivity index (χ2n) is 6.34. The molecule has 1 aromatic rings. The van der Waals surface area contributed by atoms with Crippen molar-refractivity contribution < 1.29 is 14.6 Å². The molecule has 3 atom stereocenters. The van der Waals surface area contributed by atoms with Crippen LogP contribution in [0.1, 0.15) is 49.8 Å². The molecule has 23 heavy (non-hydrogen) atoms. The lowest BCUT2D eigenvalue weighted by Gasteiger charge is -2.18. The van der Waals surface area contributed by atoms with Crippen LogP contribution in [0.5, 0.6) is 0 Å². The van der Waals surface area contributed by atoms with Crippen LogP contribution in [0.2, 0.25) is 0 Å². The quantitative estimate of drug-likeness (QED) is 0.723. The normalized spacial score (nSPS) is 20.0. The van der Waals surface area contributed by atoms with Crippen LogP contribution in [0.15, 0.2) is 24.3 Å². The van der Waals surface area contributed by atoms with Gasteiger partial charge in [-0.05, 0) is 50.7 Å². The molecule has 0 bridgehead atoms. The Bertz CT molecular complexity index is 501. The highest BCUT2D eigenvalue weighted by Gasteiger charge is 2.17. The van der Waals surface area contributed by atoms with Gasteiger partial charge in [-0.2, -0.15) is 0 Å². The molecule has 1 aliphatic heterocycles. The molecule has 1 aliphatic rings. The first-order valence-electron chi connectivity index (χ1n) is 8.46. The summed E-state index contributed by atoms with van der Waals surface area (Å²) in [6.07, 6.45) is 3.81. The average molecular weight is 320 g/mol. The van der Waals surface area contributed by atoms with Crippen LogP contribution in [0, 0.1) is 6.92 Å². The van der Waals surface area contributed by atoms with E-state index in [0.717, 1.165) is 43.4 Å². The van der Waals surface area contributed by atoms with E-state index in [0.29, 0.717) is 6.10 Å². The Kier molecular flexibility index (Phi) is 6.86. The molecule has 3 N–H and O–H groups in total. The van der Waals surface area contributed by atoms with Gasteiger partial charge in [0.2, 0.25) is 0 Å². The van der Waals surface area contributed by atoms with Crippen LogP contribution in [0.25, 0.3) is 0 Å². The fraction of sp³-hybridized carbons (Fsp3) is 0.611. The van der Waals surface area contributed by atoms with Gasteiger partial charge in [-0.25, -0.2) is 4.79 Å². The summed E-state index contributed by atoms with van der Waals surface area (Å²) in [5.74, 6) is 0. The molecule has 0 aromatic heterocycles. The third-order valence-electron chi connectivity index (χ3n) is 4.33. The number of urea groups is 1. The molecule has 128 valence electrons. The highest BCUT2D eigenvalue weighted by atomic mass is 16.5. The largest absolute Gasteiger partial charge is 0.387 e. The van der Waals surface area contributed by atoms with Gasteiger partial charge in [0, 0.05) is 19.2 Å². The van der Waals surface area contributed by atoms with Crippen molar-refractivity contribution in [3.05, 3.63) is 35.4 Å². The van der Waals surface area contributed by atoms with E-state index in [9.17, 15) is 9.90 Å². The van der Waals surface area contributed by atoms with Gasteiger partial charge >= 0.3 is 6.03 Å². The minimum absolute atomic E-state index is 0.0924. The van der Waals surface area contributed by atoms with Crippen LogP contribution in [-0.4, -0.2) is 36.4 Å². The molecular weight excluding hydrogens is 292 g/mol. The summed E-state index contributed by atoms with van der Waals surface area (Å²) in [7, 11) is 0. The number of nitrogens with one attached hydrogen (secondary N) is 2. The van der Waals surface area contributed by atoms with E-state index in [2.05, 4.69) is 10.6 Å². The Balaban J connectivity index is 1.66. The van der Waals surface area contributed by atoms with E-state index in [1.807, 2.05) is 38.1 Å². The van der Waals surface area contributed by atoms with Crippen molar-refractivity contribution in [1.82, 2.24) is 10.6 Å². The molecule has 1 aromatic carbocycles. The van der Waals surface area contributed by atoms with E-state index < -0.39 is 6.10 Å². The Labute approximate surface area is 138 Å². The van der Waals surface area contributed by atoms with Crippen LogP contribution < -0.4 is 10.6 Å². The van der Waals surface area contributed by atoms with Gasteiger partial charge < -0.3 is 20.5 Å². The number of carbonyl (C=O) groups excluding carboxylic acids is 1. The van der Waals surface area contributed by atoms with Crippen molar-refractivity contribution >= 4 is 6.03 Å². The highest BCUT2D eigenvalue weighted by Crippen LogP contribution is 2.18. The first kappa shape index (κ1) is 17.8. The number of aliphatic hydroxyl groups excluding tert-OH is 1. The number of aliphatic hydroxyl groups is 1. The monoisotopic (exact) mass is 320 g/mol. The Hall–Kier alpha value is -1.59. The Morgan fingerprint density at radius 1 is 1.43 bits per heavy atom. The number of amides is 2. The van der Waals surface area contributed by atoms with E-state index in [-0.39, 0.29) is 18.6 Å². The van der Waals surface area contributed by atoms with Gasteiger partial charge in [0.05, 0.1) is 12.2 Å². The number of aryl methyl sites for hydroxylation is 1. The minimum Gasteiger partial charge on any atom is -0.387 e. The molecular formula is C18H28N2O3. The van der Waals surface area contributed by atoms with Gasteiger partial charge in [-0.3, -0.25) is 0 Å². The fourth-order valence-corrected chi connectivity index (χ4v) is 2.91. The maximum Gasteiger partial charge on any atom is 0.315 e. The van der Waals surface area contributed by atoms with Crippen molar-refractivity contribution in [1.29, 1.82) is 0 Å². The molecule has 0 spiro atoms. The second-order valence-corrected chi connectivity index (χ2v) is 6.34. The van der Waals surface area contributed by atoms with Crippen molar-refractivity contribution in [3.63, 3.8) is 0 Å². The van der Waals surface area contributed by atoms with E-state index in [1.54, 1.807) is 0 Å². The number of benzene rings is 1. The van der Waals surface area contributed by atoms with Crippen molar-refractivity contribution in [2.75, 3.05) is 13.2 Å². The number of carbonyl (C=O) groups is 1. The lowest BCUT2D eigenvalue weighted by atomic mass is 10.0. The van der Waals surface area contributed by atoms with Gasteiger partial charge in [-0.15, -0.1) is 0 Å². The summed E-state index contributed by atoms with van der Waals surface area (Å²) in [5, 5.41) is 15.8. The highest BCUT2D eigenvalue weighted by molar-refractivity contribution is 5.74. The molecule has 1 fully saturated rings. The van der Waals surface area contributed by atoms with Crippen molar-refractivity contribution in [2.24, 2.45) is 0 Å². The minimum atomic E-state index is -0.691. The van der Waals surface area contributed by atoms with Crippen molar-refractivity contribution in [3.8, 4) is 0 Å². The molecule has 1 heterocycles. The predicted molar refractivity (Wildman–Crippen MR) is 90.3 cm³/mol. The zero-order chi connectivity index (χ0) is 16.7. The van der Waals surface area contributed by atoms with Gasteiger partial charge in [0.1, 0.15) is 0 Å². The average Bonchev–Trinajstić information content (AvgIpc) is 3.04. The number of ether oxygens (including phenoxy) is 1. The SMILES string of the molecule is Cc1ccccc1[C@H](O)CNC(=O)N[C@@H](C)CC[C@H]1CCCO1. The maximum absolute atomic E-state index is 11.9. The first-order valence-corrected chi connectivity index (χ1v) is 8.46. The lowest BCUT2D eigenvalue weighted by Crippen LogP contribution is -2.42. The van der Waals surface area contributed by atoms with E-state index in [1.165, 1.54) is 0 Å². The standard InChI is InChI=1S/C18H28N2O3/c1-13-6-3-4-8-16(13)17(21)12-19-18(22)20-14(2)9-10-15-7-5-11-23-15/h3-4,6,8,14-15,17,21H,5,7,9-12H2,1-2H3,(H2,19,20,22)/t14-,15+,17+/m0/s1. The summed E-state index contributed by atoms with van der Waals surface area (Å²) < 4.78 is 5.59. The van der Waals surface area contributed by atoms with Crippen LogP contribution in [0.4, 0.5) is 4.79 Å². The summed E-state index contributed by atoms with van der Waals surface area (Å²) in [6, 6.07) is 7.50. The molecule has 0 radical (unpaired) electrons. The molecule has 0 saturated carbocycles. The van der Waals surface area contributed by atoms with Crippen LogP contribution >= 0.6 is 0 Å². The Morgan fingerprint density at radius 2 is 2.22 bits per heavy atom. The third-order valence-corrected chi connectivity index (χ3v) is 4.33. The van der Waals surface area contributed by atoms with E-state index in [4.69, 9.17) is 4.74 Å². The molecule has 1 saturated heterocycles. The summed E-state index contributed by atoms with van der Waals surface area (Å²) >= 11 is 0. The van der Waals surface area contributed by atoms with E-state index >= 15 is 0 Å². The lowest BCUT2D eigenvalue weighted by molar-refractivity contribution is 0.100. The number of hydrogen-bond donors (Lipinski definition) is 3. The van der Waals surface area contributed by atoms with Crippen LogP contribution in [-0.2, 0) is 4.74 Å². The number of hydrogen-bond acceptors (Lipinski definition) is 3. The second kappa shape index (κ2) is 8.89. The zero-order valence-corrected chi connectivity index (χ0v) is 14.0. The predicted octanol–water partition coefficient (Wildman–Crippen LogP) is 2.68. The van der Waals surface area contributed by atoms with Crippen LogP contribution in [0.3, 0.4) is 0 Å². The topological polar surface area (TPSA) is 70.6 Å². The molecule has 0 unspecified atom stereocenters.